The summed E-state index contributed by atoms with van der Waals surface area (Å²) in [7, 11) is 0. The third-order valence-corrected chi connectivity index (χ3v) is 3.71. The lowest BCUT2D eigenvalue weighted by molar-refractivity contribution is 0.208. The molecule has 2 amide bonds. The number of urea groups is 1. The minimum Gasteiger partial charge on any atom is -0.368 e. The molecule has 1 fully saturated rings. The second-order valence-electron chi connectivity index (χ2n) is 5.27. The van der Waals surface area contributed by atoms with Gasteiger partial charge in [-0.3, -0.25) is 4.98 Å². The molecule has 0 atom stereocenters. The maximum absolute atomic E-state index is 13.1. The molecule has 0 saturated carbocycles. The van der Waals surface area contributed by atoms with Crippen LogP contribution in [0.15, 0.2) is 42.7 Å². The molecular formula is C16H16F2N4O. The highest BCUT2D eigenvalue weighted by molar-refractivity contribution is 5.89. The van der Waals surface area contributed by atoms with Gasteiger partial charge < -0.3 is 15.1 Å². The van der Waals surface area contributed by atoms with Crippen molar-refractivity contribution >= 4 is 17.4 Å². The number of nitrogens with one attached hydrogen (secondary N) is 1. The normalized spacial score (nSPS) is 14.7. The number of rotatable bonds is 2. The average molecular weight is 318 g/mol. The summed E-state index contributed by atoms with van der Waals surface area (Å²) in [6.45, 7) is 2.45. The number of pyridine rings is 1. The maximum atomic E-state index is 13.1. The Kier molecular flexibility index (Phi) is 4.36. The summed E-state index contributed by atoms with van der Waals surface area (Å²) < 4.78 is 26.3. The van der Waals surface area contributed by atoms with Crippen LogP contribution in [0.4, 0.5) is 25.0 Å². The highest BCUT2D eigenvalue weighted by Gasteiger charge is 2.21. The van der Waals surface area contributed by atoms with Crippen molar-refractivity contribution in [1.29, 1.82) is 0 Å². The molecule has 0 aliphatic carbocycles. The Morgan fingerprint density at radius 3 is 2.22 bits per heavy atom. The van der Waals surface area contributed by atoms with E-state index in [1.54, 1.807) is 17.3 Å². The van der Waals surface area contributed by atoms with E-state index in [9.17, 15) is 13.6 Å². The predicted octanol–water partition coefficient (Wildman–Crippen LogP) is 2.71. The zero-order valence-electron chi connectivity index (χ0n) is 12.4. The smallest absolute Gasteiger partial charge is 0.321 e. The molecule has 3 rings (SSSR count). The molecule has 23 heavy (non-hydrogen) atoms. The van der Waals surface area contributed by atoms with Gasteiger partial charge in [-0.15, -0.1) is 0 Å². The summed E-state index contributed by atoms with van der Waals surface area (Å²) in [4.78, 5) is 19.9. The number of hydrogen-bond donors (Lipinski definition) is 1. The van der Waals surface area contributed by atoms with Crippen molar-refractivity contribution in [2.24, 2.45) is 0 Å². The number of halogens is 2. The minimum atomic E-state index is -0.720. The van der Waals surface area contributed by atoms with E-state index >= 15 is 0 Å². The van der Waals surface area contributed by atoms with E-state index < -0.39 is 11.6 Å². The van der Waals surface area contributed by atoms with E-state index in [1.165, 1.54) is 0 Å². The van der Waals surface area contributed by atoms with Crippen molar-refractivity contribution in [3.05, 3.63) is 54.4 Å². The number of anilines is 2. The second kappa shape index (κ2) is 6.60. The molecule has 0 spiro atoms. The SMILES string of the molecule is O=C(Nc1cc(F)cc(F)c1)N1CCN(c2ccncc2)CC1. The van der Waals surface area contributed by atoms with Crippen LogP contribution in [0.2, 0.25) is 0 Å². The van der Waals surface area contributed by atoms with Crippen molar-refractivity contribution in [3.8, 4) is 0 Å². The first kappa shape index (κ1) is 15.2. The minimum absolute atomic E-state index is 0.115. The zero-order valence-corrected chi connectivity index (χ0v) is 12.4. The van der Waals surface area contributed by atoms with Crippen LogP contribution >= 0.6 is 0 Å². The molecule has 0 unspecified atom stereocenters. The van der Waals surface area contributed by atoms with E-state index in [-0.39, 0.29) is 11.7 Å². The molecule has 2 heterocycles. The van der Waals surface area contributed by atoms with Gasteiger partial charge in [0, 0.05) is 56.0 Å². The summed E-state index contributed by atoms with van der Waals surface area (Å²) in [5, 5.41) is 2.53. The van der Waals surface area contributed by atoms with Crippen LogP contribution in [0, 0.1) is 11.6 Å². The largest absolute Gasteiger partial charge is 0.368 e. The van der Waals surface area contributed by atoms with Gasteiger partial charge in [-0.05, 0) is 24.3 Å². The van der Waals surface area contributed by atoms with Gasteiger partial charge in [-0.1, -0.05) is 0 Å². The first-order valence-corrected chi connectivity index (χ1v) is 7.29. The highest BCUT2D eigenvalue weighted by atomic mass is 19.1. The summed E-state index contributed by atoms with van der Waals surface area (Å²) in [6.07, 6.45) is 3.46. The molecule has 120 valence electrons. The average Bonchev–Trinajstić information content (AvgIpc) is 2.55. The van der Waals surface area contributed by atoms with Crippen molar-refractivity contribution in [1.82, 2.24) is 9.88 Å². The summed E-state index contributed by atoms with van der Waals surface area (Å²) >= 11 is 0. The van der Waals surface area contributed by atoms with E-state index in [2.05, 4.69) is 15.2 Å². The van der Waals surface area contributed by atoms with Crippen LogP contribution in [0.3, 0.4) is 0 Å². The van der Waals surface area contributed by atoms with Gasteiger partial charge in [0.1, 0.15) is 11.6 Å². The van der Waals surface area contributed by atoms with Gasteiger partial charge in [0.2, 0.25) is 0 Å². The van der Waals surface area contributed by atoms with Gasteiger partial charge in [0.25, 0.3) is 0 Å². The van der Waals surface area contributed by atoms with Crippen molar-refractivity contribution in [3.63, 3.8) is 0 Å². The number of nitrogens with zero attached hydrogens (tertiary/aromatic N) is 3. The van der Waals surface area contributed by atoms with Crippen LogP contribution in [-0.4, -0.2) is 42.1 Å². The predicted molar refractivity (Wildman–Crippen MR) is 83.4 cm³/mol. The van der Waals surface area contributed by atoms with Gasteiger partial charge in [0.15, 0.2) is 0 Å². The molecule has 1 aromatic carbocycles. The topological polar surface area (TPSA) is 48.5 Å². The van der Waals surface area contributed by atoms with Gasteiger partial charge in [0.05, 0.1) is 0 Å². The lowest BCUT2D eigenvalue weighted by atomic mass is 10.2. The first-order chi connectivity index (χ1) is 11.1. The van der Waals surface area contributed by atoms with Gasteiger partial charge in [-0.25, -0.2) is 13.6 Å². The number of carbonyl (C=O) groups excluding carboxylic acids is 1. The zero-order chi connectivity index (χ0) is 16.2. The summed E-state index contributed by atoms with van der Waals surface area (Å²) in [5.41, 5.74) is 1.18. The van der Waals surface area contributed by atoms with E-state index in [0.29, 0.717) is 26.2 Å². The molecule has 1 N–H and O–H groups in total. The first-order valence-electron chi connectivity index (χ1n) is 7.29. The second-order valence-corrected chi connectivity index (χ2v) is 5.27. The van der Waals surface area contributed by atoms with Crippen molar-refractivity contribution in [2.45, 2.75) is 0 Å². The Morgan fingerprint density at radius 2 is 1.61 bits per heavy atom. The molecular weight excluding hydrogens is 302 g/mol. The van der Waals surface area contributed by atoms with E-state index in [1.807, 2.05) is 12.1 Å². The highest BCUT2D eigenvalue weighted by Crippen LogP contribution is 2.17. The Morgan fingerprint density at radius 1 is 1.00 bits per heavy atom. The molecule has 5 nitrogen and oxygen atoms in total. The molecule has 7 heteroatoms. The third kappa shape index (κ3) is 3.74. The van der Waals surface area contributed by atoms with Crippen LogP contribution < -0.4 is 10.2 Å². The van der Waals surface area contributed by atoms with Crippen LogP contribution in [0.25, 0.3) is 0 Å². The third-order valence-electron chi connectivity index (χ3n) is 3.71. The fourth-order valence-electron chi connectivity index (χ4n) is 2.55. The number of piperazine rings is 1. The monoisotopic (exact) mass is 318 g/mol. The molecule has 1 aromatic heterocycles. The van der Waals surface area contributed by atoms with E-state index in [4.69, 9.17) is 0 Å². The van der Waals surface area contributed by atoms with E-state index in [0.717, 1.165) is 23.9 Å². The number of hydrogen-bond acceptors (Lipinski definition) is 3. The Hall–Kier alpha value is -2.70. The fraction of sp³-hybridized carbons (Fsp3) is 0.250. The molecule has 0 bridgehead atoms. The van der Waals surface area contributed by atoms with Crippen LogP contribution in [0.5, 0.6) is 0 Å². The number of amides is 2. The van der Waals surface area contributed by atoms with Crippen LogP contribution in [0.1, 0.15) is 0 Å². The maximum Gasteiger partial charge on any atom is 0.321 e. The quantitative estimate of drug-likeness (QED) is 0.926. The van der Waals surface area contributed by atoms with Crippen molar-refractivity contribution in [2.75, 3.05) is 36.4 Å². The Bertz CT molecular complexity index is 667. The summed E-state index contributed by atoms with van der Waals surface area (Å²) in [6, 6.07) is 6.44. The number of aromatic nitrogens is 1. The standard InChI is InChI=1S/C16H16F2N4O/c17-12-9-13(18)11-14(10-12)20-16(23)22-7-5-21(6-8-22)15-1-3-19-4-2-15/h1-4,9-11H,5-8H2,(H,20,23). The number of benzene rings is 1. The lowest BCUT2D eigenvalue weighted by Gasteiger charge is -2.36. The molecule has 1 saturated heterocycles. The van der Waals surface area contributed by atoms with Gasteiger partial charge >= 0.3 is 6.03 Å². The fourth-order valence-corrected chi connectivity index (χ4v) is 2.55. The Labute approximate surface area is 132 Å². The number of carbonyl (C=O) groups is 1. The molecule has 1 aliphatic rings. The Balaban J connectivity index is 1.58. The molecule has 1 aliphatic heterocycles. The summed E-state index contributed by atoms with van der Waals surface area (Å²) in [5.74, 6) is -1.44. The molecule has 2 aromatic rings. The van der Waals surface area contributed by atoms with Crippen molar-refractivity contribution < 1.29 is 13.6 Å². The van der Waals surface area contributed by atoms with Crippen LogP contribution in [-0.2, 0) is 0 Å². The van der Waals surface area contributed by atoms with Gasteiger partial charge in [-0.2, -0.15) is 0 Å². The molecule has 0 radical (unpaired) electrons. The lowest BCUT2D eigenvalue weighted by Crippen LogP contribution is -2.50.